The Morgan fingerprint density at radius 3 is 2.43 bits per heavy atom. The molecule has 160 valence electrons. The molecule has 0 bridgehead atoms. The highest BCUT2D eigenvalue weighted by molar-refractivity contribution is 7.89. The number of aryl methyl sites for hydroxylation is 1. The fourth-order valence-corrected chi connectivity index (χ4v) is 5.20. The monoisotopic (exact) mass is 431 g/mol. The number of carbonyl (C=O) groups excluding carboxylic acids is 1. The van der Waals surface area contributed by atoms with Crippen LogP contribution in [0.5, 0.6) is 0 Å². The van der Waals surface area contributed by atoms with Crippen LogP contribution in [0.1, 0.15) is 52.5 Å². The summed E-state index contributed by atoms with van der Waals surface area (Å²) in [5.41, 5.74) is 0.583. The summed E-state index contributed by atoms with van der Waals surface area (Å²) >= 11 is 0. The van der Waals surface area contributed by atoms with Gasteiger partial charge in [0, 0.05) is 17.6 Å². The largest absolute Gasteiger partial charge is 0.326 e. The van der Waals surface area contributed by atoms with Crippen molar-refractivity contribution >= 4 is 34.0 Å². The minimum absolute atomic E-state index is 0. The number of piperidine rings is 1. The van der Waals surface area contributed by atoms with E-state index in [4.69, 9.17) is 0 Å². The van der Waals surface area contributed by atoms with E-state index in [1.54, 1.807) is 39.8 Å². The number of hydrogen-bond donors (Lipinski definition) is 3. The maximum atomic E-state index is 12.7. The number of hydrogen-bond acceptors (Lipinski definition) is 4. The van der Waals surface area contributed by atoms with Crippen molar-refractivity contribution in [3.8, 4) is 0 Å². The predicted octanol–water partition coefficient (Wildman–Crippen LogP) is 3.46. The maximum Gasteiger partial charge on any atom is 0.241 e. The fraction of sp³-hybridized carbons (Fsp3) is 0.650. The molecule has 0 saturated carbocycles. The molecule has 28 heavy (non-hydrogen) atoms. The van der Waals surface area contributed by atoms with Gasteiger partial charge in [-0.2, -0.15) is 0 Å². The number of rotatable bonds is 6. The molecule has 6 nitrogen and oxygen atoms in total. The third-order valence-corrected chi connectivity index (χ3v) is 6.80. The first kappa shape index (κ1) is 24.9. The van der Waals surface area contributed by atoms with Crippen LogP contribution >= 0.6 is 12.4 Å². The van der Waals surface area contributed by atoms with Gasteiger partial charge in [0.1, 0.15) is 0 Å². The lowest BCUT2D eigenvalue weighted by Gasteiger charge is -2.27. The Morgan fingerprint density at radius 2 is 1.86 bits per heavy atom. The molecule has 8 heteroatoms. The number of amides is 1. The zero-order chi connectivity index (χ0) is 20.2. The SMILES string of the molecule is Cc1ccc(NC(=O)CC(C)C2CCNCC2)cc1S(=O)(=O)NC(C)(C)C.Cl. The van der Waals surface area contributed by atoms with Crippen molar-refractivity contribution < 1.29 is 13.2 Å². The molecule has 1 aromatic carbocycles. The summed E-state index contributed by atoms with van der Waals surface area (Å²) in [6, 6.07) is 5.01. The summed E-state index contributed by atoms with van der Waals surface area (Å²) in [6.07, 6.45) is 2.64. The maximum absolute atomic E-state index is 12.7. The van der Waals surface area contributed by atoms with Crippen molar-refractivity contribution in [2.75, 3.05) is 18.4 Å². The van der Waals surface area contributed by atoms with Crippen molar-refractivity contribution in [2.45, 2.75) is 64.3 Å². The van der Waals surface area contributed by atoms with Crippen molar-refractivity contribution in [3.05, 3.63) is 23.8 Å². The summed E-state index contributed by atoms with van der Waals surface area (Å²) in [6.45, 7) is 11.3. The Kier molecular flexibility index (Phi) is 8.93. The summed E-state index contributed by atoms with van der Waals surface area (Å²) < 4.78 is 28.0. The standard InChI is InChI=1S/C20H33N3O3S.ClH/c1-14-6-7-17(13-18(14)27(25,26)23-20(3,4)5)22-19(24)12-15(2)16-8-10-21-11-9-16;/h6-7,13,15-16,21,23H,8-12H2,1-5H3,(H,22,24);1H. The first-order valence-electron chi connectivity index (χ1n) is 9.63. The van der Waals surface area contributed by atoms with Crippen LogP contribution in [-0.4, -0.2) is 33.0 Å². The quantitative estimate of drug-likeness (QED) is 0.643. The minimum Gasteiger partial charge on any atom is -0.326 e. The lowest BCUT2D eigenvalue weighted by Crippen LogP contribution is -2.40. The van der Waals surface area contributed by atoms with E-state index in [1.165, 1.54) is 6.07 Å². The van der Waals surface area contributed by atoms with Gasteiger partial charge in [-0.25, -0.2) is 13.1 Å². The van der Waals surface area contributed by atoms with Gasteiger partial charge >= 0.3 is 0 Å². The van der Waals surface area contributed by atoms with E-state index in [1.807, 2.05) is 0 Å². The molecular weight excluding hydrogens is 398 g/mol. The Labute approximate surface area is 175 Å². The molecule has 3 N–H and O–H groups in total. The van der Waals surface area contributed by atoms with Gasteiger partial charge in [0.25, 0.3) is 0 Å². The number of halogens is 1. The van der Waals surface area contributed by atoms with Gasteiger partial charge in [-0.15, -0.1) is 12.4 Å². The molecule has 1 atom stereocenters. The third-order valence-electron chi connectivity index (χ3n) is 4.90. The van der Waals surface area contributed by atoms with Gasteiger partial charge in [-0.05, 0) is 83.2 Å². The van der Waals surface area contributed by atoms with Gasteiger partial charge in [-0.3, -0.25) is 4.79 Å². The average Bonchev–Trinajstić information content (AvgIpc) is 2.55. The van der Waals surface area contributed by atoms with Crippen LogP contribution < -0.4 is 15.4 Å². The predicted molar refractivity (Wildman–Crippen MR) is 117 cm³/mol. The molecule has 1 fully saturated rings. The molecule has 1 heterocycles. The molecule has 0 aliphatic carbocycles. The molecule has 1 saturated heterocycles. The molecular formula is C20H34ClN3O3S. The van der Waals surface area contributed by atoms with E-state index < -0.39 is 15.6 Å². The van der Waals surface area contributed by atoms with E-state index in [-0.39, 0.29) is 23.2 Å². The molecule has 1 amide bonds. The van der Waals surface area contributed by atoms with Crippen LogP contribution in [0, 0.1) is 18.8 Å². The average molecular weight is 432 g/mol. The van der Waals surface area contributed by atoms with Crippen molar-refractivity contribution in [2.24, 2.45) is 11.8 Å². The normalized spacial score (nSPS) is 16.9. The first-order valence-corrected chi connectivity index (χ1v) is 11.1. The molecule has 1 aromatic rings. The Bertz CT molecular complexity index is 769. The lowest BCUT2D eigenvalue weighted by atomic mass is 9.84. The molecule has 1 aliphatic rings. The van der Waals surface area contributed by atoms with Crippen LogP contribution in [0.4, 0.5) is 5.69 Å². The second kappa shape index (κ2) is 10.1. The van der Waals surface area contributed by atoms with Crippen LogP contribution in [0.25, 0.3) is 0 Å². The Hall–Kier alpha value is -1.15. The molecule has 1 unspecified atom stereocenters. The minimum atomic E-state index is -3.66. The zero-order valence-electron chi connectivity index (χ0n) is 17.5. The van der Waals surface area contributed by atoms with Crippen LogP contribution in [-0.2, 0) is 14.8 Å². The molecule has 1 aliphatic heterocycles. The number of carbonyl (C=O) groups is 1. The van der Waals surface area contributed by atoms with E-state index in [0.717, 1.165) is 25.9 Å². The van der Waals surface area contributed by atoms with Crippen molar-refractivity contribution in [1.29, 1.82) is 0 Å². The van der Waals surface area contributed by atoms with Gasteiger partial charge in [0.2, 0.25) is 15.9 Å². The Morgan fingerprint density at radius 1 is 1.25 bits per heavy atom. The second-order valence-corrected chi connectivity index (χ2v) is 10.3. The van der Waals surface area contributed by atoms with E-state index >= 15 is 0 Å². The Balaban J connectivity index is 0.00000392. The van der Waals surface area contributed by atoms with Crippen molar-refractivity contribution in [1.82, 2.24) is 10.0 Å². The smallest absolute Gasteiger partial charge is 0.241 e. The summed E-state index contributed by atoms with van der Waals surface area (Å²) in [5.74, 6) is 0.794. The van der Waals surface area contributed by atoms with E-state index in [9.17, 15) is 13.2 Å². The number of benzene rings is 1. The molecule has 0 spiro atoms. The van der Waals surface area contributed by atoms with E-state index in [0.29, 0.717) is 29.5 Å². The van der Waals surface area contributed by atoms with Crippen LogP contribution in [0.2, 0.25) is 0 Å². The van der Waals surface area contributed by atoms with Crippen LogP contribution in [0.15, 0.2) is 23.1 Å². The number of nitrogens with one attached hydrogen (secondary N) is 3. The summed E-state index contributed by atoms with van der Waals surface area (Å²) in [4.78, 5) is 12.6. The fourth-order valence-electron chi connectivity index (χ4n) is 3.51. The summed E-state index contributed by atoms with van der Waals surface area (Å²) in [5, 5.41) is 6.21. The van der Waals surface area contributed by atoms with Crippen molar-refractivity contribution in [3.63, 3.8) is 0 Å². The van der Waals surface area contributed by atoms with Gasteiger partial charge in [-0.1, -0.05) is 13.0 Å². The molecule has 0 radical (unpaired) electrons. The number of sulfonamides is 1. The van der Waals surface area contributed by atoms with E-state index in [2.05, 4.69) is 22.3 Å². The summed E-state index contributed by atoms with van der Waals surface area (Å²) in [7, 11) is -3.66. The number of anilines is 1. The zero-order valence-corrected chi connectivity index (χ0v) is 19.1. The first-order chi connectivity index (χ1) is 12.5. The lowest BCUT2D eigenvalue weighted by molar-refractivity contribution is -0.117. The second-order valence-electron chi connectivity index (χ2n) is 8.65. The molecule has 2 rings (SSSR count). The van der Waals surface area contributed by atoms with Gasteiger partial charge in [0.15, 0.2) is 0 Å². The molecule has 0 aromatic heterocycles. The van der Waals surface area contributed by atoms with Crippen LogP contribution in [0.3, 0.4) is 0 Å². The highest BCUT2D eigenvalue weighted by Crippen LogP contribution is 2.26. The van der Waals surface area contributed by atoms with Gasteiger partial charge < -0.3 is 10.6 Å². The third kappa shape index (κ3) is 7.35. The van der Waals surface area contributed by atoms with Gasteiger partial charge in [0.05, 0.1) is 4.90 Å². The highest BCUT2D eigenvalue weighted by Gasteiger charge is 2.25. The highest BCUT2D eigenvalue weighted by atomic mass is 35.5. The topological polar surface area (TPSA) is 87.3 Å².